The standard InChI is InChI=1S/C34H49NO4/c1-9-10-21-37-29-17-18-30-31(24-29)35(8)34(36)33(39-23-20-28(7)16-12-14-26(4)5)32(30)38-22-19-27(6)15-11-13-25(2)3/h13-14,17-20,24H,9-12,15-16,21-23H2,1-8H3/b27-19+,28-20+. The SMILES string of the molecule is CCCCOc1ccc2c(OC/C=C(\C)CCC=C(C)C)c(OC/C=C(\C)CCC=C(C)C)c(=O)n(C)c2c1. The van der Waals surface area contributed by atoms with Gasteiger partial charge in [0, 0.05) is 18.5 Å². The van der Waals surface area contributed by atoms with Gasteiger partial charge in [-0.1, -0.05) is 47.8 Å². The fourth-order valence-corrected chi connectivity index (χ4v) is 4.07. The van der Waals surface area contributed by atoms with Crippen molar-refractivity contribution in [1.29, 1.82) is 0 Å². The Kier molecular flexibility index (Phi) is 13.7. The van der Waals surface area contributed by atoms with E-state index in [0.717, 1.165) is 55.2 Å². The number of rotatable bonds is 16. The van der Waals surface area contributed by atoms with E-state index in [4.69, 9.17) is 14.2 Å². The van der Waals surface area contributed by atoms with E-state index in [1.165, 1.54) is 22.3 Å². The van der Waals surface area contributed by atoms with Crippen molar-refractivity contribution >= 4 is 10.9 Å². The molecule has 0 saturated carbocycles. The Balaban J connectivity index is 2.36. The summed E-state index contributed by atoms with van der Waals surface area (Å²) in [6, 6.07) is 5.81. The van der Waals surface area contributed by atoms with E-state index in [2.05, 4.69) is 66.7 Å². The molecule has 5 heteroatoms. The van der Waals surface area contributed by atoms with Crippen LogP contribution in [0.2, 0.25) is 0 Å². The summed E-state index contributed by atoms with van der Waals surface area (Å²) in [7, 11) is 1.77. The Bertz CT molecular complexity index is 1250. The molecule has 0 fully saturated rings. The van der Waals surface area contributed by atoms with Gasteiger partial charge in [-0.2, -0.15) is 0 Å². The summed E-state index contributed by atoms with van der Waals surface area (Å²) >= 11 is 0. The predicted octanol–water partition coefficient (Wildman–Crippen LogP) is 8.86. The maximum atomic E-state index is 13.5. The highest BCUT2D eigenvalue weighted by Crippen LogP contribution is 2.34. The summed E-state index contributed by atoms with van der Waals surface area (Å²) in [4.78, 5) is 13.5. The van der Waals surface area contributed by atoms with Crippen LogP contribution in [0.5, 0.6) is 17.2 Å². The largest absolute Gasteiger partial charge is 0.494 e. The molecule has 1 aromatic carbocycles. The molecule has 0 aliphatic rings. The van der Waals surface area contributed by atoms with Crippen LogP contribution in [-0.4, -0.2) is 24.4 Å². The normalized spacial score (nSPS) is 11.9. The van der Waals surface area contributed by atoms with Crippen LogP contribution in [0, 0.1) is 0 Å². The highest BCUT2D eigenvalue weighted by atomic mass is 16.5. The zero-order valence-corrected chi connectivity index (χ0v) is 25.5. The Morgan fingerprint density at radius 3 is 1.90 bits per heavy atom. The average molecular weight is 536 g/mol. The summed E-state index contributed by atoms with van der Waals surface area (Å²) in [5.74, 6) is 1.47. The Morgan fingerprint density at radius 2 is 1.36 bits per heavy atom. The molecule has 0 spiro atoms. The van der Waals surface area contributed by atoms with Gasteiger partial charge in [0.25, 0.3) is 5.56 Å². The van der Waals surface area contributed by atoms with Crippen LogP contribution in [0.4, 0.5) is 0 Å². The van der Waals surface area contributed by atoms with E-state index in [9.17, 15) is 4.79 Å². The smallest absolute Gasteiger partial charge is 0.297 e. The number of benzene rings is 1. The molecule has 2 rings (SSSR count). The molecule has 1 aromatic heterocycles. The second kappa shape index (κ2) is 16.7. The van der Waals surface area contributed by atoms with Gasteiger partial charge in [-0.25, -0.2) is 0 Å². The first-order valence-corrected chi connectivity index (χ1v) is 14.3. The third-order valence-electron chi connectivity index (χ3n) is 6.55. The number of aryl methyl sites for hydroxylation is 1. The molecule has 0 atom stereocenters. The van der Waals surface area contributed by atoms with Crippen LogP contribution in [0.25, 0.3) is 10.9 Å². The molecule has 5 nitrogen and oxygen atoms in total. The van der Waals surface area contributed by atoms with Gasteiger partial charge in [0.1, 0.15) is 19.0 Å². The molecule has 2 aromatic rings. The topological polar surface area (TPSA) is 49.7 Å². The van der Waals surface area contributed by atoms with Crippen molar-refractivity contribution < 1.29 is 14.2 Å². The van der Waals surface area contributed by atoms with Gasteiger partial charge in [0.15, 0.2) is 5.75 Å². The first kappa shape index (κ1) is 32.0. The third-order valence-corrected chi connectivity index (χ3v) is 6.55. The van der Waals surface area contributed by atoms with Gasteiger partial charge < -0.3 is 18.8 Å². The Labute approximate surface area is 235 Å². The number of aromatic nitrogens is 1. The van der Waals surface area contributed by atoms with E-state index in [0.29, 0.717) is 25.6 Å². The van der Waals surface area contributed by atoms with Gasteiger partial charge in [0.2, 0.25) is 5.75 Å². The molecular weight excluding hydrogens is 486 g/mol. The van der Waals surface area contributed by atoms with Crippen molar-refractivity contribution in [3.8, 4) is 17.2 Å². The number of fused-ring (bicyclic) bond motifs is 1. The summed E-state index contributed by atoms with van der Waals surface area (Å²) in [6.07, 6.45) is 14.6. The van der Waals surface area contributed by atoms with Crippen LogP contribution < -0.4 is 19.8 Å². The first-order valence-electron chi connectivity index (χ1n) is 14.3. The predicted molar refractivity (Wildman–Crippen MR) is 165 cm³/mol. The van der Waals surface area contributed by atoms with Crippen LogP contribution in [0.15, 0.2) is 69.6 Å². The maximum Gasteiger partial charge on any atom is 0.297 e. The summed E-state index contributed by atoms with van der Waals surface area (Å²) in [6.45, 7) is 16.1. The monoisotopic (exact) mass is 535 g/mol. The molecule has 0 N–H and O–H groups in total. The van der Waals surface area contributed by atoms with E-state index >= 15 is 0 Å². The Morgan fingerprint density at radius 1 is 0.795 bits per heavy atom. The number of allylic oxidation sites excluding steroid dienone is 6. The lowest BCUT2D eigenvalue weighted by Crippen LogP contribution is -2.21. The van der Waals surface area contributed by atoms with Gasteiger partial charge in [0.05, 0.1) is 12.1 Å². The molecule has 0 amide bonds. The highest BCUT2D eigenvalue weighted by molar-refractivity contribution is 5.89. The van der Waals surface area contributed by atoms with Gasteiger partial charge >= 0.3 is 0 Å². The zero-order chi connectivity index (χ0) is 28.8. The first-order chi connectivity index (χ1) is 18.6. The molecule has 1 heterocycles. The van der Waals surface area contributed by atoms with E-state index in [1.54, 1.807) is 11.6 Å². The molecular formula is C34H49NO4. The molecule has 0 aliphatic heterocycles. The van der Waals surface area contributed by atoms with Crippen LogP contribution in [-0.2, 0) is 7.05 Å². The lowest BCUT2D eigenvalue weighted by atomic mass is 10.1. The van der Waals surface area contributed by atoms with Crippen molar-refractivity contribution in [1.82, 2.24) is 4.57 Å². The number of unbranched alkanes of at least 4 members (excludes halogenated alkanes) is 1. The Hall–Kier alpha value is -3.21. The van der Waals surface area contributed by atoms with Crippen LogP contribution in [0.1, 0.15) is 87.0 Å². The van der Waals surface area contributed by atoms with Crippen molar-refractivity contribution in [2.45, 2.75) is 87.0 Å². The molecule has 0 unspecified atom stereocenters. The maximum absolute atomic E-state index is 13.5. The number of ether oxygens (including phenoxy) is 3. The van der Waals surface area contributed by atoms with E-state index in [1.807, 2.05) is 24.3 Å². The van der Waals surface area contributed by atoms with Gasteiger partial charge in [-0.15, -0.1) is 0 Å². The summed E-state index contributed by atoms with van der Waals surface area (Å²) in [5.41, 5.74) is 5.67. The van der Waals surface area contributed by atoms with Crippen LogP contribution in [0.3, 0.4) is 0 Å². The number of hydrogen-bond acceptors (Lipinski definition) is 4. The second-order valence-electron chi connectivity index (χ2n) is 10.8. The number of hydrogen-bond donors (Lipinski definition) is 0. The highest BCUT2D eigenvalue weighted by Gasteiger charge is 2.19. The van der Waals surface area contributed by atoms with Gasteiger partial charge in [-0.05, 0) is 97.9 Å². The number of nitrogens with zero attached hydrogens (tertiary/aromatic N) is 1. The third kappa shape index (κ3) is 10.8. The lowest BCUT2D eigenvalue weighted by Gasteiger charge is -2.17. The number of pyridine rings is 1. The average Bonchev–Trinajstić information content (AvgIpc) is 2.88. The van der Waals surface area contributed by atoms with Crippen molar-refractivity contribution in [2.24, 2.45) is 7.05 Å². The lowest BCUT2D eigenvalue weighted by molar-refractivity contribution is 0.303. The summed E-state index contributed by atoms with van der Waals surface area (Å²) in [5, 5.41) is 0.829. The molecule has 0 saturated heterocycles. The fraction of sp³-hybridized carbons (Fsp3) is 0.500. The van der Waals surface area contributed by atoms with E-state index < -0.39 is 0 Å². The van der Waals surface area contributed by atoms with Gasteiger partial charge in [-0.3, -0.25) is 4.79 Å². The van der Waals surface area contributed by atoms with Crippen molar-refractivity contribution in [2.75, 3.05) is 19.8 Å². The minimum atomic E-state index is -0.219. The minimum Gasteiger partial charge on any atom is -0.494 e. The molecule has 0 radical (unpaired) electrons. The summed E-state index contributed by atoms with van der Waals surface area (Å²) < 4.78 is 19.9. The zero-order valence-electron chi connectivity index (χ0n) is 25.5. The fourth-order valence-electron chi connectivity index (χ4n) is 4.07. The second-order valence-corrected chi connectivity index (χ2v) is 10.8. The molecule has 0 bridgehead atoms. The van der Waals surface area contributed by atoms with Crippen LogP contribution >= 0.6 is 0 Å². The van der Waals surface area contributed by atoms with E-state index in [-0.39, 0.29) is 11.3 Å². The molecule has 214 valence electrons. The molecule has 39 heavy (non-hydrogen) atoms. The molecule has 0 aliphatic carbocycles. The van der Waals surface area contributed by atoms with Crippen molar-refractivity contribution in [3.63, 3.8) is 0 Å². The van der Waals surface area contributed by atoms with Crippen molar-refractivity contribution in [3.05, 3.63) is 75.1 Å². The quantitative estimate of drug-likeness (QED) is 0.159. The minimum absolute atomic E-state index is 0.219.